The van der Waals surface area contributed by atoms with Crippen molar-refractivity contribution in [3.63, 3.8) is 0 Å². The van der Waals surface area contributed by atoms with E-state index in [0.29, 0.717) is 28.0 Å². The number of anilines is 2. The third-order valence-corrected chi connectivity index (χ3v) is 6.22. The molecule has 3 rings (SSSR count). The van der Waals surface area contributed by atoms with Crippen LogP contribution >= 0.6 is 11.6 Å². The standard InChI is InChI=1S/C20H26ClFN4OSi/c1-19(2,3)28-27-20(4,5)14-11-26(10-12-6-8-13(22)9-7-12)17-15(14)16(21)24-18(23)25-17/h6-9,14H,10-11H2,1-5H3,(H2,23,24,25). The Morgan fingerprint density at radius 1 is 1.21 bits per heavy atom. The summed E-state index contributed by atoms with van der Waals surface area (Å²) in [6.45, 7) is 11.9. The molecule has 1 aromatic carbocycles. The van der Waals surface area contributed by atoms with Crippen LogP contribution in [-0.2, 0) is 11.0 Å². The Morgan fingerprint density at radius 3 is 2.46 bits per heavy atom. The van der Waals surface area contributed by atoms with Crippen molar-refractivity contribution in [3.8, 4) is 0 Å². The number of fused-ring (bicyclic) bond motifs is 1. The van der Waals surface area contributed by atoms with Crippen molar-refractivity contribution < 1.29 is 8.82 Å². The maximum atomic E-state index is 13.3. The zero-order chi connectivity index (χ0) is 20.7. The maximum absolute atomic E-state index is 13.3. The summed E-state index contributed by atoms with van der Waals surface area (Å²) in [4.78, 5) is 10.8. The average molecular weight is 421 g/mol. The summed E-state index contributed by atoms with van der Waals surface area (Å²) in [5, 5.41) is 0.443. The molecule has 0 aliphatic carbocycles. The van der Waals surface area contributed by atoms with Crippen LogP contribution in [0.4, 0.5) is 16.2 Å². The van der Waals surface area contributed by atoms with Crippen molar-refractivity contribution in [1.82, 2.24) is 9.97 Å². The van der Waals surface area contributed by atoms with Gasteiger partial charge in [-0.2, -0.15) is 4.98 Å². The van der Waals surface area contributed by atoms with Gasteiger partial charge in [0.15, 0.2) is 0 Å². The van der Waals surface area contributed by atoms with Gasteiger partial charge in [-0.25, -0.2) is 9.37 Å². The van der Waals surface area contributed by atoms with Crippen LogP contribution in [-0.4, -0.2) is 31.9 Å². The number of benzene rings is 1. The Bertz CT molecular complexity index is 855. The fourth-order valence-corrected chi connectivity index (χ4v) is 4.27. The molecule has 1 unspecified atom stereocenters. The molecule has 1 aliphatic rings. The first-order valence-corrected chi connectivity index (χ1v) is 10.5. The number of nitrogen functional groups attached to an aromatic ring is 1. The smallest absolute Gasteiger partial charge is 0.236 e. The SMILES string of the molecule is CC(C)(C)[Si]OC(C)(C)C1CN(Cc2ccc(F)cc2)c2nc(N)nc(Cl)c21. The van der Waals surface area contributed by atoms with E-state index in [-0.39, 0.29) is 22.7 Å². The predicted octanol–water partition coefficient (Wildman–Crippen LogP) is 4.59. The zero-order valence-corrected chi connectivity index (χ0v) is 18.6. The monoisotopic (exact) mass is 420 g/mol. The van der Waals surface area contributed by atoms with Gasteiger partial charge in [-0.15, -0.1) is 0 Å². The molecule has 0 amide bonds. The fourth-order valence-electron chi connectivity index (χ4n) is 3.26. The summed E-state index contributed by atoms with van der Waals surface area (Å²) in [5.41, 5.74) is 7.25. The van der Waals surface area contributed by atoms with E-state index in [2.05, 4.69) is 49.5 Å². The first-order chi connectivity index (χ1) is 13.0. The first kappa shape index (κ1) is 21.0. The number of aromatic nitrogens is 2. The van der Waals surface area contributed by atoms with Crippen molar-refractivity contribution >= 4 is 33.1 Å². The van der Waals surface area contributed by atoms with Gasteiger partial charge >= 0.3 is 0 Å². The highest BCUT2D eigenvalue weighted by Crippen LogP contribution is 2.46. The molecule has 0 spiro atoms. The highest BCUT2D eigenvalue weighted by atomic mass is 35.5. The van der Waals surface area contributed by atoms with Gasteiger partial charge in [0, 0.05) is 24.6 Å². The van der Waals surface area contributed by atoms with E-state index >= 15 is 0 Å². The number of nitrogens with zero attached hydrogens (tertiary/aromatic N) is 3. The Labute approximate surface area is 173 Å². The van der Waals surface area contributed by atoms with Gasteiger partial charge in [0.05, 0.1) is 5.60 Å². The molecule has 0 fully saturated rings. The lowest BCUT2D eigenvalue weighted by Crippen LogP contribution is -2.38. The molecule has 8 heteroatoms. The van der Waals surface area contributed by atoms with Crippen LogP contribution in [0.1, 0.15) is 51.7 Å². The van der Waals surface area contributed by atoms with Gasteiger partial charge in [0.1, 0.15) is 16.8 Å². The van der Waals surface area contributed by atoms with Crippen molar-refractivity contribution in [2.75, 3.05) is 17.2 Å². The normalized spacial score (nSPS) is 17.1. The Hall–Kier alpha value is -1.70. The Balaban J connectivity index is 1.93. The second-order valence-corrected chi connectivity index (χ2v) is 11.0. The van der Waals surface area contributed by atoms with E-state index in [1.807, 2.05) is 0 Å². The molecule has 28 heavy (non-hydrogen) atoms. The van der Waals surface area contributed by atoms with E-state index in [1.165, 1.54) is 12.1 Å². The van der Waals surface area contributed by atoms with Crippen LogP contribution in [0.25, 0.3) is 0 Å². The van der Waals surface area contributed by atoms with Crippen LogP contribution < -0.4 is 10.6 Å². The predicted molar refractivity (Wildman–Crippen MR) is 112 cm³/mol. The second kappa shape index (κ2) is 7.61. The minimum atomic E-state index is -0.457. The van der Waals surface area contributed by atoms with E-state index in [4.69, 9.17) is 21.8 Å². The van der Waals surface area contributed by atoms with Crippen molar-refractivity contribution in [2.45, 2.75) is 57.7 Å². The summed E-state index contributed by atoms with van der Waals surface area (Å²) in [5.74, 6) is 0.605. The quantitative estimate of drug-likeness (QED) is 0.566. The van der Waals surface area contributed by atoms with Crippen molar-refractivity contribution in [2.24, 2.45) is 0 Å². The molecule has 1 atom stereocenters. The molecule has 1 aromatic heterocycles. The maximum Gasteiger partial charge on any atom is 0.236 e. The van der Waals surface area contributed by atoms with E-state index in [1.54, 1.807) is 12.1 Å². The van der Waals surface area contributed by atoms with Crippen molar-refractivity contribution in [1.29, 1.82) is 0 Å². The van der Waals surface area contributed by atoms with Gasteiger partial charge in [-0.1, -0.05) is 44.5 Å². The van der Waals surface area contributed by atoms with Gasteiger partial charge in [0.2, 0.25) is 15.7 Å². The molecule has 150 valence electrons. The molecule has 1 aliphatic heterocycles. The fraction of sp³-hybridized carbons (Fsp3) is 0.500. The van der Waals surface area contributed by atoms with Crippen molar-refractivity contribution in [3.05, 3.63) is 46.4 Å². The van der Waals surface area contributed by atoms with Gasteiger partial charge in [-0.3, -0.25) is 0 Å². The number of rotatable bonds is 5. The third kappa shape index (κ3) is 4.64. The summed E-state index contributed by atoms with van der Waals surface area (Å²) >= 11 is 6.49. The van der Waals surface area contributed by atoms with Gasteiger partial charge < -0.3 is 15.1 Å². The summed E-state index contributed by atoms with van der Waals surface area (Å²) in [7, 11) is 0.347. The Morgan fingerprint density at radius 2 is 1.86 bits per heavy atom. The lowest BCUT2D eigenvalue weighted by molar-refractivity contribution is 0.0828. The van der Waals surface area contributed by atoms with Crippen LogP contribution in [0.2, 0.25) is 10.2 Å². The average Bonchev–Trinajstić information content (AvgIpc) is 2.94. The summed E-state index contributed by atoms with van der Waals surface area (Å²) < 4.78 is 19.6. The molecular formula is C20H26ClFN4OSi. The summed E-state index contributed by atoms with van der Waals surface area (Å²) in [6, 6.07) is 6.47. The molecular weight excluding hydrogens is 395 g/mol. The number of hydrogen-bond donors (Lipinski definition) is 1. The lowest BCUT2D eigenvalue weighted by Gasteiger charge is -2.35. The summed E-state index contributed by atoms with van der Waals surface area (Å²) in [6.07, 6.45) is 0. The Kier molecular flexibility index (Phi) is 5.71. The first-order valence-electron chi connectivity index (χ1n) is 9.24. The van der Waals surface area contributed by atoms with Crippen LogP contribution in [0.3, 0.4) is 0 Å². The molecule has 2 aromatic rings. The molecule has 0 saturated heterocycles. The zero-order valence-electron chi connectivity index (χ0n) is 16.9. The topological polar surface area (TPSA) is 64.3 Å². The van der Waals surface area contributed by atoms with E-state index < -0.39 is 5.60 Å². The minimum Gasteiger partial charge on any atom is -0.411 e. The largest absolute Gasteiger partial charge is 0.411 e. The molecule has 0 bridgehead atoms. The third-order valence-electron chi connectivity index (χ3n) is 4.69. The lowest BCUT2D eigenvalue weighted by atomic mass is 9.87. The highest BCUT2D eigenvalue weighted by molar-refractivity contribution is 6.32. The minimum absolute atomic E-state index is 0.00843. The second-order valence-electron chi connectivity index (χ2n) is 8.73. The number of halogens is 2. The molecule has 2 N–H and O–H groups in total. The van der Waals surface area contributed by atoms with E-state index in [9.17, 15) is 4.39 Å². The van der Waals surface area contributed by atoms with Crippen LogP contribution in [0.5, 0.6) is 0 Å². The van der Waals surface area contributed by atoms with Gasteiger partial charge in [0.25, 0.3) is 0 Å². The van der Waals surface area contributed by atoms with E-state index in [0.717, 1.165) is 16.9 Å². The highest BCUT2D eigenvalue weighted by Gasteiger charge is 2.43. The molecule has 5 nitrogen and oxygen atoms in total. The number of nitrogens with two attached hydrogens (primary N) is 1. The van der Waals surface area contributed by atoms with Crippen LogP contribution in [0.15, 0.2) is 24.3 Å². The van der Waals surface area contributed by atoms with Gasteiger partial charge in [-0.05, 0) is 36.6 Å². The molecule has 0 saturated carbocycles. The molecule has 2 heterocycles. The van der Waals surface area contributed by atoms with Crippen LogP contribution in [0, 0.1) is 5.82 Å². The molecule has 2 radical (unpaired) electrons. The number of hydrogen-bond acceptors (Lipinski definition) is 5.